The lowest BCUT2D eigenvalue weighted by Gasteiger charge is -2.31. The van der Waals surface area contributed by atoms with Crippen molar-refractivity contribution >= 4 is 17.9 Å². The number of rotatable bonds is 5. The van der Waals surface area contributed by atoms with Crippen LogP contribution < -0.4 is 10.9 Å². The second-order valence-electron chi connectivity index (χ2n) is 9.20. The molecule has 31 heavy (non-hydrogen) atoms. The van der Waals surface area contributed by atoms with Gasteiger partial charge in [0.1, 0.15) is 6.04 Å². The third-order valence-corrected chi connectivity index (χ3v) is 7.37. The Morgan fingerprint density at radius 2 is 1.97 bits per heavy atom. The Bertz CT molecular complexity index is 931. The molecule has 168 valence electrons. The molecule has 2 fully saturated rings. The number of carbonyl (C=O) groups excluding carboxylic acids is 2. The number of aromatic nitrogens is 1. The first kappa shape index (κ1) is 21.8. The molecule has 3 heterocycles. The van der Waals surface area contributed by atoms with Gasteiger partial charge in [-0.25, -0.2) is 0 Å². The molecular weight excluding hydrogens is 394 g/mol. The number of pyridine rings is 1. The summed E-state index contributed by atoms with van der Waals surface area (Å²) in [6, 6.07) is 2.58. The zero-order valence-corrected chi connectivity index (χ0v) is 18.4. The van der Waals surface area contributed by atoms with Crippen molar-refractivity contribution in [3.8, 4) is 0 Å². The molecule has 4 atom stereocenters. The van der Waals surface area contributed by atoms with E-state index in [0.29, 0.717) is 24.6 Å². The minimum atomic E-state index is -0.708. The Balaban J connectivity index is 1.62. The molecule has 7 heteroatoms. The molecule has 0 aromatic carbocycles. The number of aliphatic hydroxyl groups excluding tert-OH is 1. The molecule has 2 aliphatic heterocycles. The number of nitrogens with zero attached hydrogens (tertiary/aromatic N) is 2. The molecule has 2 N–H and O–H groups in total. The SMILES string of the molecule is C/C=C/c1ccc2n(c1=O)C[C@H]1[C@H](CO)[C@@H](C(=O)NCC3CCCCC3)N(C(C)=O)[C@@H]21. The fourth-order valence-electron chi connectivity index (χ4n) is 5.91. The number of aliphatic hydroxyl groups is 1. The van der Waals surface area contributed by atoms with E-state index in [1.807, 2.05) is 19.1 Å². The number of carbonyl (C=O) groups is 2. The summed E-state index contributed by atoms with van der Waals surface area (Å²) in [5.74, 6) is -0.463. The van der Waals surface area contributed by atoms with Crippen LogP contribution in [0.5, 0.6) is 0 Å². The van der Waals surface area contributed by atoms with E-state index in [2.05, 4.69) is 5.32 Å². The first-order valence-corrected chi connectivity index (χ1v) is 11.5. The highest BCUT2D eigenvalue weighted by Crippen LogP contribution is 2.49. The number of nitrogens with one attached hydrogen (secondary N) is 1. The van der Waals surface area contributed by atoms with E-state index in [1.165, 1.54) is 26.2 Å². The molecule has 3 aliphatic rings. The summed E-state index contributed by atoms with van der Waals surface area (Å²) in [5.41, 5.74) is 1.26. The van der Waals surface area contributed by atoms with E-state index >= 15 is 0 Å². The number of hydrogen-bond donors (Lipinski definition) is 2. The van der Waals surface area contributed by atoms with Crippen LogP contribution in [0.25, 0.3) is 6.08 Å². The van der Waals surface area contributed by atoms with Crippen molar-refractivity contribution in [2.24, 2.45) is 17.8 Å². The van der Waals surface area contributed by atoms with Gasteiger partial charge in [-0.05, 0) is 37.8 Å². The molecule has 0 radical (unpaired) electrons. The van der Waals surface area contributed by atoms with Gasteiger partial charge < -0.3 is 19.9 Å². The average molecular weight is 428 g/mol. The number of fused-ring (bicyclic) bond motifs is 3. The summed E-state index contributed by atoms with van der Waals surface area (Å²) in [6.07, 6.45) is 9.51. The van der Waals surface area contributed by atoms with Gasteiger partial charge in [0.25, 0.3) is 5.56 Å². The van der Waals surface area contributed by atoms with Crippen LogP contribution in [0.1, 0.15) is 63.3 Å². The van der Waals surface area contributed by atoms with Crippen molar-refractivity contribution in [3.63, 3.8) is 0 Å². The minimum absolute atomic E-state index is 0.0940. The van der Waals surface area contributed by atoms with Gasteiger partial charge in [0.05, 0.1) is 6.04 Å². The lowest BCUT2D eigenvalue weighted by molar-refractivity contribution is -0.140. The van der Waals surface area contributed by atoms with E-state index in [1.54, 1.807) is 21.6 Å². The van der Waals surface area contributed by atoms with Gasteiger partial charge in [0.2, 0.25) is 11.8 Å². The summed E-state index contributed by atoms with van der Waals surface area (Å²) in [7, 11) is 0. The Kier molecular flexibility index (Phi) is 6.32. The van der Waals surface area contributed by atoms with Crippen LogP contribution in [0.2, 0.25) is 0 Å². The highest BCUT2D eigenvalue weighted by atomic mass is 16.3. The largest absolute Gasteiger partial charge is 0.396 e. The molecule has 0 spiro atoms. The molecule has 1 aliphatic carbocycles. The Hall–Kier alpha value is -2.41. The monoisotopic (exact) mass is 427 g/mol. The van der Waals surface area contributed by atoms with Crippen LogP contribution in [0, 0.1) is 17.8 Å². The van der Waals surface area contributed by atoms with Crippen LogP contribution in [0.3, 0.4) is 0 Å². The molecule has 1 aromatic rings. The van der Waals surface area contributed by atoms with E-state index in [9.17, 15) is 19.5 Å². The summed E-state index contributed by atoms with van der Waals surface area (Å²) in [5, 5.41) is 13.3. The molecule has 0 unspecified atom stereocenters. The third kappa shape index (κ3) is 3.84. The standard InChI is InChI=1S/C24H33N3O4/c1-3-7-17-10-11-20-21-18(13-26(20)24(17)31)19(14-28)22(27(21)15(2)29)23(30)25-12-16-8-5-4-6-9-16/h3,7,10-11,16,18-19,21-22,28H,4-6,8-9,12-14H2,1-2H3,(H,25,30)/b7-3+/t18-,19-,21+,22-/m0/s1. The van der Waals surface area contributed by atoms with Crippen molar-refractivity contribution in [2.45, 2.75) is 64.6 Å². The van der Waals surface area contributed by atoms with E-state index in [0.717, 1.165) is 18.5 Å². The van der Waals surface area contributed by atoms with Crippen molar-refractivity contribution in [1.82, 2.24) is 14.8 Å². The molecular formula is C24H33N3O4. The first-order valence-electron chi connectivity index (χ1n) is 11.5. The van der Waals surface area contributed by atoms with E-state index in [-0.39, 0.29) is 35.9 Å². The molecule has 0 bridgehead atoms. The lowest BCUT2D eigenvalue weighted by Crippen LogP contribution is -2.50. The number of allylic oxidation sites excluding steroid dienone is 1. The molecule has 1 saturated heterocycles. The maximum atomic E-state index is 13.2. The molecule has 2 amide bonds. The van der Waals surface area contributed by atoms with Gasteiger partial charge >= 0.3 is 0 Å². The molecule has 4 rings (SSSR count). The van der Waals surface area contributed by atoms with E-state index < -0.39 is 12.0 Å². The molecule has 1 aromatic heterocycles. The highest BCUT2D eigenvalue weighted by Gasteiger charge is 2.56. The molecule has 7 nitrogen and oxygen atoms in total. The van der Waals surface area contributed by atoms with E-state index in [4.69, 9.17) is 0 Å². The van der Waals surface area contributed by atoms with Crippen LogP contribution in [-0.4, -0.2) is 45.6 Å². The fraction of sp³-hybridized carbons (Fsp3) is 0.625. The zero-order chi connectivity index (χ0) is 22.1. The second kappa shape index (κ2) is 8.99. The second-order valence-corrected chi connectivity index (χ2v) is 9.20. The van der Waals surface area contributed by atoms with Crippen LogP contribution in [0.15, 0.2) is 23.0 Å². The third-order valence-electron chi connectivity index (χ3n) is 7.37. The normalized spacial score (nSPS) is 28.0. The van der Waals surface area contributed by atoms with Gasteiger partial charge in [-0.3, -0.25) is 14.4 Å². The summed E-state index contributed by atoms with van der Waals surface area (Å²) in [6.45, 7) is 4.16. The van der Waals surface area contributed by atoms with Crippen molar-refractivity contribution < 1.29 is 14.7 Å². The van der Waals surface area contributed by atoms with Gasteiger partial charge in [-0.2, -0.15) is 0 Å². The van der Waals surface area contributed by atoms with Crippen molar-refractivity contribution in [3.05, 3.63) is 39.8 Å². The quantitative estimate of drug-likeness (QED) is 0.753. The number of likely N-dealkylation sites (tertiary alicyclic amines) is 1. The highest BCUT2D eigenvalue weighted by molar-refractivity contribution is 5.88. The summed E-state index contributed by atoms with van der Waals surface area (Å²) in [4.78, 5) is 40.4. The van der Waals surface area contributed by atoms with Gasteiger partial charge in [0, 0.05) is 49.7 Å². The Morgan fingerprint density at radius 3 is 2.61 bits per heavy atom. The summed E-state index contributed by atoms with van der Waals surface area (Å²) >= 11 is 0. The minimum Gasteiger partial charge on any atom is -0.396 e. The lowest BCUT2D eigenvalue weighted by atomic mass is 9.87. The predicted molar refractivity (Wildman–Crippen MR) is 118 cm³/mol. The fourth-order valence-corrected chi connectivity index (χ4v) is 5.91. The maximum Gasteiger partial charge on any atom is 0.258 e. The van der Waals surface area contributed by atoms with Crippen molar-refractivity contribution in [1.29, 1.82) is 0 Å². The predicted octanol–water partition coefficient (Wildman–Crippen LogP) is 2.09. The first-order chi connectivity index (χ1) is 15.0. The topological polar surface area (TPSA) is 91.6 Å². The smallest absolute Gasteiger partial charge is 0.258 e. The molecule has 1 saturated carbocycles. The summed E-state index contributed by atoms with van der Waals surface area (Å²) < 4.78 is 1.71. The van der Waals surface area contributed by atoms with Gasteiger partial charge in [-0.1, -0.05) is 31.4 Å². The van der Waals surface area contributed by atoms with Crippen molar-refractivity contribution in [2.75, 3.05) is 13.2 Å². The number of hydrogen-bond acceptors (Lipinski definition) is 4. The van der Waals surface area contributed by atoms with Gasteiger partial charge in [-0.15, -0.1) is 0 Å². The Morgan fingerprint density at radius 1 is 1.23 bits per heavy atom. The number of amides is 2. The maximum absolute atomic E-state index is 13.2. The van der Waals surface area contributed by atoms with Crippen LogP contribution in [0.4, 0.5) is 0 Å². The van der Waals surface area contributed by atoms with Crippen LogP contribution in [-0.2, 0) is 16.1 Å². The average Bonchev–Trinajstić information content (AvgIpc) is 3.29. The van der Waals surface area contributed by atoms with Crippen LogP contribution >= 0.6 is 0 Å². The van der Waals surface area contributed by atoms with Gasteiger partial charge in [0.15, 0.2) is 0 Å². The Labute approximate surface area is 183 Å². The zero-order valence-electron chi connectivity index (χ0n) is 18.4.